The number of ether oxygens (including phenoxy) is 1. The molecule has 0 spiro atoms. The van der Waals surface area contributed by atoms with Crippen molar-refractivity contribution in [2.24, 2.45) is 0 Å². The van der Waals surface area contributed by atoms with E-state index >= 15 is 0 Å². The molecule has 1 aromatic carbocycles. The fourth-order valence-corrected chi connectivity index (χ4v) is 4.30. The van der Waals surface area contributed by atoms with E-state index < -0.39 is 33.8 Å². The second-order valence-corrected chi connectivity index (χ2v) is 7.72. The van der Waals surface area contributed by atoms with Crippen LogP contribution >= 0.6 is 0 Å². The van der Waals surface area contributed by atoms with Gasteiger partial charge in [0.1, 0.15) is 6.61 Å². The minimum absolute atomic E-state index is 0.00804. The first-order chi connectivity index (χ1) is 11.8. The van der Waals surface area contributed by atoms with Crippen LogP contribution in [0.15, 0.2) is 27.9 Å². The summed E-state index contributed by atoms with van der Waals surface area (Å²) >= 11 is 0. The molecule has 3 rings (SSSR count). The molecule has 2 heterocycles. The summed E-state index contributed by atoms with van der Waals surface area (Å²) in [5, 5.41) is 12.6. The van der Waals surface area contributed by atoms with Crippen molar-refractivity contribution < 1.29 is 23.1 Å². The Kier molecular flexibility index (Phi) is 4.64. The van der Waals surface area contributed by atoms with Crippen LogP contribution in [0.3, 0.4) is 0 Å². The number of rotatable bonds is 5. The molecule has 1 saturated heterocycles. The predicted molar refractivity (Wildman–Crippen MR) is 87.5 cm³/mol. The highest BCUT2D eigenvalue weighted by molar-refractivity contribution is 7.89. The van der Waals surface area contributed by atoms with Gasteiger partial charge in [-0.15, -0.1) is 0 Å². The minimum Gasteiger partial charge on any atom is -0.390 e. The maximum absolute atomic E-state index is 12.8. The van der Waals surface area contributed by atoms with Gasteiger partial charge in [-0.25, -0.2) is 13.2 Å². The molecule has 1 aliphatic rings. The van der Waals surface area contributed by atoms with Crippen LogP contribution in [0.2, 0.25) is 0 Å². The van der Waals surface area contributed by atoms with E-state index in [2.05, 4.69) is 15.3 Å². The Labute approximate surface area is 142 Å². The fraction of sp³-hybridized carbons (Fsp3) is 0.429. The number of sulfonamides is 1. The molecule has 1 fully saturated rings. The van der Waals surface area contributed by atoms with Crippen LogP contribution in [0.1, 0.15) is 0 Å². The second-order valence-electron chi connectivity index (χ2n) is 5.78. The van der Waals surface area contributed by atoms with Crippen LogP contribution < -0.4 is 11.0 Å². The van der Waals surface area contributed by atoms with Crippen LogP contribution in [0.25, 0.3) is 11.0 Å². The number of aromatic nitrogens is 2. The Balaban J connectivity index is 1.81. The topological polar surface area (TPSA) is 145 Å². The zero-order valence-electron chi connectivity index (χ0n) is 13.4. The van der Waals surface area contributed by atoms with Gasteiger partial charge in [0.2, 0.25) is 15.9 Å². The normalized spacial score (nSPS) is 21.7. The summed E-state index contributed by atoms with van der Waals surface area (Å²) in [5.41, 5.74) is 0.438. The van der Waals surface area contributed by atoms with Crippen molar-refractivity contribution in [1.29, 1.82) is 0 Å². The zero-order chi connectivity index (χ0) is 18.2. The molecule has 1 aliphatic heterocycles. The van der Waals surface area contributed by atoms with Crippen molar-refractivity contribution in [3.05, 3.63) is 28.7 Å². The van der Waals surface area contributed by atoms with E-state index in [0.717, 1.165) is 4.31 Å². The standard InChI is InChI=1S/C14H18N4O6S/c1-24-7-13(20)15-11-5-18(6-12(11)19)25(22,23)8-2-3-9-10(4-8)17-14(21)16-9/h2-4,11-12,19H,5-7H2,1H3,(H,15,20)(H2,16,17,21)/t11-,12-/m1/s1. The highest BCUT2D eigenvalue weighted by Gasteiger charge is 2.39. The molecule has 25 heavy (non-hydrogen) atoms. The summed E-state index contributed by atoms with van der Waals surface area (Å²) in [7, 11) is -2.52. The number of carbonyl (C=O) groups is 1. The number of aliphatic hydroxyl groups excluding tert-OH is 1. The predicted octanol–water partition coefficient (Wildman–Crippen LogP) is -1.65. The van der Waals surface area contributed by atoms with E-state index in [0.29, 0.717) is 11.0 Å². The van der Waals surface area contributed by atoms with Gasteiger partial charge in [-0.2, -0.15) is 4.31 Å². The van der Waals surface area contributed by atoms with Crippen molar-refractivity contribution in [2.45, 2.75) is 17.0 Å². The number of carbonyl (C=O) groups excluding carboxylic acids is 1. The lowest BCUT2D eigenvalue weighted by atomic mass is 10.2. The summed E-state index contributed by atoms with van der Waals surface area (Å²) in [5.74, 6) is -0.433. The first kappa shape index (κ1) is 17.6. The largest absolute Gasteiger partial charge is 0.390 e. The van der Waals surface area contributed by atoms with Gasteiger partial charge < -0.3 is 25.1 Å². The number of nitrogens with zero attached hydrogens (tertiary/aromatic N) is 1. The summed E-state index contributed by atoms with van der Waals surface area (Å²) in [6.45, 7) is -0.365. The molecule has 10 nitrogen and oxygen atoms in total. The molecule has 0 saturated carbocycles. The number of methoxy groups -OCH3 is 1. The highest BCUT2D eigenvalue weighted by Crippen LogP contribution is 2.23. The van der Waals surface area contributed by atoms with Crippen LogP contribution in [0.5, 0.6) is 0 Å². The van der Waals surface area contributed by atoms with Crippen LogP contribution in [-0.2, 0) is 19.6 Å². The van der Waals surface area contributed by atoms with Crippen molar-refractivity contribution in [3.63, 3.8) is 0 Å². The Hall–Kier alpha value is -2.21. The summed E-state index contributed by atoms with van der Waals surface area (Å²) < 4.78 is 31.3. The summed E-state index contributed by atoms with van der Waals surface area (Å²) in [4.78, 5) is 27.9. The molecule has 0 radical (unpaired) electrons. The molecular formula is C14H18N4O6S. The third-order valence-corrected chi connectivity index (χ3v) is 5.83. The number of aliphatic hydroxyl groups is 1. The van der Waals surface area contributed by atoms with E-state index in [4.69, 9.17) is 4.74 Å². The average molecular weight is 370 g/mol. The lowest BCUT2D eigenvalue weighted by molar-refractivity contribution is -0.125. The van der Waals surface area contributed by atoms with Gasteiger partial charge in [0.25, 0.3) is 0 Å². The SMILES string of the molecule is COCC(=O)N[C@@H]1CN(S(=O)(=O)c2ccc3[nH]c(=O)[nH]c3c2)C[C@H]1O. The number of fused-ring (bicyclic) bond motifs is 1. The van der Waals surface area contributed by atoms with Crippen molar-refractivity contribution in [3.8, 4) is 0 Å². The van der Waals surface area contributed by atoms with Crippen molar-refractivity contribution in [2.75, 3.05) is 26.8 Å². The minimum atomic E-state index is -3.88. The molecule has 136 valence electrons. The molecule has 0 bridgehead atoms. The summed E-state index contributed by atoms with van der Waals surface area (Å²) in [6.07, 6.45) is -1.02. The maximum atomic E-state index is 12.8. The molecule has 0 unspecified atom stereocenters. The number of amides is 1. The average Bonchev–Trinajstić information content (AvgIpc) is 3.09. The second kappa shape index (κ2) is 6.59. The highest BCUT2D eigenvalue weighted by atomic mass is 32.2. The lowest BCUT2D eigenvalue weighted by Crippen LogP contribution is -2.44. The molecule has 2 aromatic rings. The lowest BCUT2D eigenvalue weighted by Gasteiger charge is -2.17. The monoisotopic (exact) mass is 370 g/mol. The third-order valence-electron chi connectivity index (χ3n) is 4.00. The molecule has 2 atom stereocenters. The Morgan fingerprint density at radius 2 is 2.08 bits per heavy atom. The van der Waals surface area contributed by atoms with Gasteiger partial charge in [-0.1, -0.05) is 0 Å². The number of nitrogens with one attached hydrogen (secondary N) is 3. The van der Waals surface area contributed by atoms with Gasteiger partial charge >= 0.3 is 5.69 Å². The molecular weight excluding hydrogens is 352 g/mol. The van der Waals surface area contributed by atoms with Gasteiger partial charge in [-0.3, -0.25) is 4.79 Å². The van der Waals surface area contributed by atoms with Crippen LogP contribution in [-0.4, -0.2) is 72.7 Å². The Bertz CT molecular complexity index is 950. The van der Waals surface area contributed by atoms with Gasteiger partial charge in [-0.05, 0) is 18.2 Å². The van der Waals surface area contributed by atoms with E-state index in [1.165, 1.54) is 25.3 Å². The molecule has 11 heteroatoms. The van der Waals surface area contributed by atoms with E-state index in [1.807, 2.05) is 0 Å². The van der Waals surface area contributed by atoms with E-state index in [-0.39, 0.29) is 24.6 Å². The number of H-pyrrole nitrogens is 2. The first-order valence-corrected chi connectivity index (χ1v) is 8.94. The maximum Gasteiger partial charge on any atom is 0.323 e. The number of hydrogen-bond donors (Lipinski definition) is 4. The first-order valence-electron chi connectivity index (χ1n) is 7.50. The molecule has 4 N–H and O–H groups in total. The third kappa shape index (κ3) is 3.44. The van der Waals surface area contributed by atoms with E-state index in [9.17, 15) is 23.1 Å². The van der Waals surface area contributed by atoms with Crippen molar-refractivity contribution >= 4 is 27.0 Å². The Morgan fingerprint density at radius 1 is 1.36 bits per heavy atom. The number of aromatic amines is 2. The summed E-state index contributed by atoms with van der Waals surface area (Å²) in [6, 6.07) is 3.51. The number of imidazole rings is 1. The number of hydrogen-bond acceptors (Lipinski definition) is 6. The zero-order valence-corrected chi connectivity index (χ0v) is 14.2. The number of β-amino-alcohol motifs (C(OH)–C–C–N with tert-alkyl or cyclic N) is 1. The molecule has 1 aromatic heterocycles. The van der Waals surface area contributed by atoms with Crippen molar-refractivity contribution in [1.82, 2.24) is 19.6 Å². The van der Waals surface area contributed by atoms with Gasteiger partial charge in [0.15, 0.2) is 0 Å². The van der Waals surface area contributed by atoms with Gasteiger partial charge in [0.05, 0.1) is 28.1 Å². The van der Waals surface area contributed by atoms with Crippen LogP contribution in [0.4, 0.5) is 0 Å². The molecule has 0 aliphatic carbocycles. The number of benzene rings is 1. The van der Waals surface area contributed by atoms with Gasteiger partial charge in [0, 0.05) is 20.2 Å². The smallest absolute Gasteiger partial charge is 0.323 e. The Morgan fingerprint density at radius 3 is 2.80 bits per heavy atom. The van der Waals surface area contributed by atoms with Crippen LogP contribution in [0, 0.1) is 0 Å². The fourth-order valence-electron chi connectivity index (χ4n) is 2.79. The van der Waals surface area contributed by atoms with E-state index in [1.54, 1.807) is 0 Å². The quantitative estimate of drug-likeness (QED) is 0.496. The molecule has 1 amide bonds.